The summed E-state index contributed by atoms with van der Waals surface area (Å²) in [4.78, 5) is 23.3. The minimum absolute atomic E-state index is 0.0335. The molecule has 108 valence electrons. The number of nitrogens with zero attached hydrogens (tertiary/aromatic N) is 1. The molecule has 0 saturated heterocycles. The fraction of sp³-hybridized carbons (Fsp3) is 0.438. The van der Waals surface area contributed by atoms with E-state index < -0.39 is 0 Å². The first kappa shape index (κ1) is 12.6. The van der Waals surface area contributed by atoms with E-state index >= 15 is 0 Å². The molecule has 1 aliphatic heterocycles. The molecule has 4 rings (SSSR count). The molecule has 3 aliphatic rings. The molecule has 2 amide bonds. The molecule has 5 nitrogen and oxygen atoms in total. The molecule has 0 radical (unpaired) electrons. The Labute approximate surface area is 122 Å². The zero-order valence-corrected chi connectivity index (χ0v) is 11.8. The number of nitrogens with one attached hydrogen (secondary N) is 2. The minimum Gasteiger partial charge on any atom is -0.326 e. The Morgan fingerprint density at radius 2 is 1.95 bits per heavy atom. The highest BCUT2D eigenvalue weighted by atomic mass is 16.2. The van der Waals surface area contributed by atoms with Crippen LogP contribution in [0.25, 0.3) is 0 Å². The van der Waals surface area contributed by atoms with E-state index in [0.29, 0.717) is 5.92 Å². The zero-order valence-electron chi connectivity index (χ0n) is 11.8. The van der Waals surface area contributed by atoms with Crippen LogP contribution < -0.4 is 10.7 Å². The van der Waals surface area contributed by atoms with E-state index in [1.54, 1.807) is 0 Å². The van der Waals surface area contributed by atoms with Gasteiger partial charge in [-0.3, -0.25) is 9.59 Å². The maximum absolute atomic E-state index is 11.9. The Balaban J connectivity index is 1.47. The van der Waals surface area contributed by atoms with Gasteiger partial charge in [0.05, 0.1) is 5.71 Å². The van der Waals surface area contributed by atoms with Gasteiger partial charge in [-0.2, -0.15) is 5.10 Å². The summed E-state index contributed by atoms with van der Waals surface area (Å²) in [7, 11) is 0. The monoisotopic (exact) mass is 283 g/mol. The summed E-state index contributed by atoms with van der Waals surface area (Å²) < 4.78 is 0. The average molecular weight is 283 g/mol. The number of anilines is 1. The van der Waals surface area contributed by atoms with Gasteiger partial charge in [0.15, 0.2) is 0 Å². The van der Waals surface area contributed by atoms with Gasteiger partial charge in [-0.15, -0.1) is 0 Å². The Morgan fingerprint density at radius 1 is 1.24 bits per heavy atom. The van der Waals surface area contributed by atoms with Gasteiger partial charge >= 0.3 is 0 Å². The van der Waals surface area contributed by atoms with Gasteiger partial charge in [0.25, 0.3) is 0 Å². The molecule has 1 aromatic carbocycles. The van der Waals surface area contributed by atoms with Crippen molar-refractivity contribution in [2.45, 2.75) is 19.8 Å². The molecule has 0 aromatic heterocycles. The summed E-state index contributed by atoms with van der Waals surface area (Å²) in [6.07, 6.45) is 1.88. The van der Waals surface area contributed by atoms with Crippen molar-refractivity contribution < 1.29 is 9.59 Å². The lowest BCUT2D eigenvalue weighted by molar-refractivity contribution is -0.122. The molecule has 5 heteroatoms. The first-order valence-corrected chi connectivity index (χ1v) is 7.42. The molecule has 0 spiro atoms. The second-order valence-corrected chi connectivity index (χ2v) is 6.31. The number of hydrogen-bond donors (Lipinski definition) is 2. The minimum atomic E-state index is 0.0335. The van der Waals surface area contributed by atoms with Gasteiger partial charge in [0.2, 0.25) is 11.8 Å². The molecule has 2 aliphatic carbocycles. The standard InChI is InChI=1S/C16H17N3O2/c1-8-6-11(8)15(20)17-10-4-2-9(3-5-10)14-12-7-13(12)16(21)19-18-14/h2-5,8,11-13H,6-7H2,1H3,(H,17,20)(H,19,21). The van der Waals surface area contributed by atoms with Crippen LogP contribution in [0.3, 0.4) is 0 Å². The molecule has 2 N–H and O–H groups in total. The molecular weight excluding hydrogens is 266 g/mol. The highest BCUT2D eigenvalue weighted by molar-refractivity contribution is 6.09. The summed E-state index contributed by atoms with van der Waals surface area (Å²) >= 11 is 0. The quantitative estimate of drug-likeness (QED) is 0.887. The topological polar surface area (TPSA) is 70.6 Å². The van der Waals surface area contributed by atoms with Crippen molar-refractivity contribution in [2.75, 3.05) is 5.32 Å². The molecule has 4 atom stereocenters. The Hall–Kier alpha value is -2.17. The molecule has 4 unspecified atom stereocenters. The Morgan fingerprint density at radius 3 is 2.62 bits per heavy atom. The van der Waals surface area contributed by atoms with Gasteiger partial charge in [-0.05, 0) is 36.5 Å². The lowest BCUT2D eigenvalue weighted by Crippen LogP contribution is -2.28. The van der Waals surface area contributed by atoms with Crippen LogP contribution in [0.15, 0.2) is 29.4 Å². The number of rotatable bonds is 3. The number of hydrazone groups is 1. The normalized spacial score (nSPS) is 32.6. The molecule has 1 aromatic rings. The Bertz CT molecular complexity index is 650. The maximum atomic E-state index is 11.9. The van der Waals surface area contributed by atoms with Crippen molar-refractivity contribution in [2.24, 2.45) is 28.8 Å². The van der Waals surface area contributed by atoms with E-state index in [2.05, 4.69) is 22.8 Å². The summed E-state index contributed by atoms with van der Waals surface area (Å²) in [6, 6.07) is 7.71. The van der Waals surface area contributed by atoms with Crippen LogP contribution in [0, 0.1) is 23.7 Å². The van der Waals surface area contributed by atoms with Crippen LogP contribution >= 0.6 is 0 Å². The Kier molecular flexibility index (Phi) is 2.64. The number of hydrogen-bond acceptors (Lipinski definition) is 3. The number of amides is 2. The predicted molar refractivity (Wildman–Crippen MR) is 78.6 cm³/mol. The third kappa shape index (κ3) is 2.22. The number of carbonyl (C=O) groups is 2. The number of fused-ring (bicyclic) bond motifs is 1. The third-order valence-electron chi connectivity index (χ3n) is 4.66. The van der Waals surface area contributed by atoms with Gasteiger partial charge in [-0.1, -0.05) is 19.1 Å². The van der Waals surface area contributed by atoms with Crippen molar-refractivity contribution in [1.82, 2.24) is 5.43 Å². The molecule has 21 heavy (non-hydrogen) atoms. The molecule has 2 saturated carbocycles. The zero-order chi connectivity index (χ0) is 14.6. The van der Waals surface area contributed by atoms with E-state index in [4.69, 9.17) is 0 Å². The van der Waals surface area contributed by atoms with Crippen molar-refractivity contribution in [1.29, 1.82) is 0 Å². The molecular formula is C16H17N3O2. The second-order valence-electron chi connectivity index (χ2n) is 6.31. The molecule has 1 heterocycles. The van der Waals surface area contributed by atoms with Crippen LogP contribution in [0.5, 0.6) is 0 Å². The SMILES string of the molecule is CC1CC1C(=O)Nc1ccc(C2=NNC(=O)C3CC23)cc1. The second kappa shape index (κ2) is 4.41. The third-order valence-corrected chi connectivity index (χ3v) is 4.66. The van der Waals surface area contributed by atoms with Crippen LogP contribution in [0.4, 0.5) is 5.69 Å². The van der Waals surface area contributed by atoms with Crippen LogP contribution in [-0.2, 0) is 9.59 Å². The van der Waals surface area contributed by atoms with Gasteiger partial charge in [0, 0.05) is 23.4 Å². The smallest absolute Gasteiger partial charge is 0.243 e. The largest absolute Gasteiger partial charge is 0.326 e. The van der Waals surface area contributed by atoms with Crippen molar-refractivity contribution in [3.63, 3.8) is 0 Å². The summed E-state index contributed by atoms with van der Waals surface area (Å²) in [5.41, 5.74) is 5.36. The summed E-state index contributed by atoms with van der Waals surface area (Å²) in [5, 5.41) is 7.12. The predicted octanol–water partition coefficient (Wildman–Crippen LogP) is 1.75. The highest BCUT2D eigenvalue weighted by Gasteiger charge is 2.49. The van der Waals surface area contributed by atoms with Crippen LogP contribution in [0.2, 0.25) is 0 Å². The highest BCUT2D eigenvalue weighted by Crippen LogP contribution is 2.43. The van der Waals surface area contributed by atoms with Crippen LogP contribution in [0.1, 0.15) is 25.3 Å². The first-order valence-electron chi connectivity index (χ1n) is 7.42. The van der Waals surface area contributed by atoms with Gasteiger partial charge in [-0.25, -0.2) is 5.43 Å². The molecule has 0 bridgehead atoms. The van der Waals surface area contributed by atoms with E-state index in [1.165, 1.54) is 0 Å². The van der Waals surface area contributed by atoms with Crippen molar-refractivity contribution in [3.05, 3.63) is 29.8 Å². The first-order chi connectivity index (χ1) is 10.1. The van der Waals surface area contributed by atoms with E-state index in [-0.39, 0.29) is 29.6 Å². The van der Waals surface area contributed by atoms with Gasteiger partial charge < -0.3 is 5.32 Å². The van der Waals surface area contributed by atoms with Crippen molar-refractivity contribution in [3.8, 4) is 0 Å². The fourth-order valence-electron chi connectivity index (χ4n) is 2.99. The summed E-state index contributed by atoms with van der Waals surface area (Å²) in [6.45, 7) is 2.09. The fourth-order valence-corrected chi connectivity index (χ4v) is 2.99. The summed E-state index contributed by atoms with van der Waals surface area (Å²) in [5.74, 6) is 1.21. The van der Waals surface area contributed by atoms with Crippen LogP contribution in [-0.4, -0.2) is 17.5 Å². The van der Waals surface area contributed by atoms with Gasteiger partial charge in [0.1, 0.15) is 0 Å². The lowest BCUT2D eigenvalue weighted by atomic mass is 10.0. The van der Waals surface area contributed by atoms with E-state index in [0.717, 1.165) is 29.8 Å². The van der Waals surface area contributed by atoms with E-state index in [1.807, 2.05) is 24.3 Å². The average Bonchev–Trinajstić information content (AvgIpc) is 3.36. The van der Waals surface area contributed by atoms with Crippen molar-refractivity contribution >= 4 is 23.2 Å². The number of carbonyl (C=O) groups excluding carboxylic acids is 2. The maximum Gasteiger partial charge on any atom is 0.243 e. The van der Waals surface area contributed by atoms with E-state index in [9.17, 15) is 9.59 Å². The number of benzene rings is 1. The lowest BCUT2D eigenvalue weighted by Gasteiger charge is -2.12. The molecule has 2 fully saturated rings.